The van der Waals surface area contributed by atoms with E-state index >= 15 is 0 Å². The van der Waals surface area contributed by atoms with Gasteiger partial charge < -0.3 is 0 Å². The summed E-state index contributed by atoms with van der Waals surface area (Å²) in [4.78, 5) is 0. The Morgan fingerprint density at radius 2 is 1.21 bits per heavy atom. The Kier molecular flexibility index (Phi) is 3.67. The van der Waals surface area contributed by atoms with Gasteiger partial charge in [-0.25, -0.2) is 0 Å². The first-order valence-electron chi connectivity index (χ1n) is 6.73. The molecule has 0 N–H and O–H groups in total. The zero-order valence-electron chi connectivity index (χ0n) is 11.1. The highest BCUT2D eigenvalue weighted by Gasteiger charge is 2.40. The molecular formula is C17H16I2. The molecule has 0 atom stereocenters. The van der Waals surface area contributed by atoms with Gasteiger partial charge in [-0.1, -0.05) is 26.0 Å². The maximum absolute atomic E-state index is 2.43. The van der Waals surface area contributed by atoms with Crippen molar-refractivity contribution in [1.29, 1.82) is 0 Å². The summed E-state index contributed by atoms with van der Waals surface area (Å²) in [6, 6.07) is 13.8. The van der Waals surface area contributed by atoms with Crippen molar-refractivity contribution in [3.63, 3.8) is 0 Å². The molecule has 0 unspecified atom stereocenters. The fourth-order valence-electron chi connectivity index (χ4n) is 3.45. The van der Waals surface area contributed by atoms with E-state index in [-0.39, 0.29) is 5.41 Å². The van der Waals surface area contributed by atoms with Crippen LogP contribution in [0.1, 0.15) is 37.8 Å². The van der Waals surface area contributed by atoms with E-state index in [0.29, 0.717) is 0 Å². The second kappa shape index (κ2) is 5.02. The number of hydrogen-bond acceptors (Lipinski definition) is 0. The Bertz CT molecular complexity index is 586. The molecular weight excluding hydrogens is 458 g/mol. The topological polar surface area (TPSA) is 0 Å². The van der Waals surface area contributed by atoms with Gasteiger partial charge >= 0.3 is 0 Å². The van der Waals surface area contributed by atoms with Gasteiger partial charge in [-0.2, -0.15) is 0 Å². The van der Waals surface area contributed by atoms with E-state index in [1.807, 2.05) is 0 Å². The van der Waals surface area contributed by atoms with Gasteiger partial charge in [-0.3, -0.25) is 0 Å². The molecule has 0 amide bonds. The zero-order chi connectivity index (χ0) is 13.6. The Labute approximate surface area is 142 Å². The predicted octanol–water partition coefficient (Wildman–Crippen LogP) is 5.98. The minimum atomic E-state index is 0.215. The van der Waals surface area contributed by atoms with Crippen LogP contribution in [0.2, 0.25) is 0 Å². The first-order chi connectivity index (χ1) is 9.12. The lowest BCUT2D eigenvalue weighted by atomic mass is 9.74. The number of benzene rings is 2. The molecule has 0 bridgehead atoms. The quantitative estimate of drug-likeness (QED) is 0.470. The summed E-state index contributed by atoms with van der Waals surface area (Å²) in [7, 11) is 0. The molecule has 0 aliphatic heterocycles. The lowest BCUT2D eigenvalue weighted by Gasteiger charge is -2.29. The monoisotopic (exact) mass is 474 g/mol. The molecule has 3 rings (SSSR count). The second-order valence-corrected chi connectivity index (χ2v) is 7.66. The van der Waals surface area contributed by atoms with Crippen LogP contribution < -0.4 is 0 Å². The average Bonchev–Trinajstić information content (AvgIpc) is 2.67. The molecule has 0 heterocycles. The van der Waals surface area contributed by atoms with Crippen molar-refractivity contribution in [2.75, 3.05) is 0 Å². The van der Waals surface area contributed by atoms with Crippen molar-refractivity contribution in [1.82, 2.24) is 0 Å². The summed E-state index contributed by atoms with van der Waals surface area (Å²) < 4.78 is 2.68. The molecule has 2 heteroatoms. The van der Waals surface area contributed by atoms with Gasteiger partial charge in [-0.05, 0) is 105 Å². The second-order valence-electron chi connectivity index (χ2n) is 5.17. The molecule has 0 nitrogen and oxygen atoms in total. The molecule has 1 aliphatic rings. The third kappa shape index (κ3) is 1.97. The van der Waals surface area contributed by atoms with Crippen molar-refractivity contribution in [2.24, 2.45) is 0 Å². The number of fused-ring (bicyclic) bond motifs is 3. The maximum Gasteiger partial charge on any atom is 0.0210 e. The van der Waals surface area contributed by atoms with Crippen molar-refractivity contribution in [3.05, 3.63) is 54.7 Å². The molecule has 2 aromatic carbocycles. The summed E-state index contributed by atoms with van der Waals surface area (Å²) in [5, 5.41) is 0. The van der Waals surface area contributed by atoms with Crippen LogP contribution in [0.15, 0.2) is 36.4 Å². The normalized spacial score (nSPS) is 15.2. The summed E-state index contributed by atoms with van der Waals surface area (Å²) in [6.07, 6.45) is 2.34. The molecule has 0 radical (unpaired) electrons. The minimum absolute atomic E-state index is 0.215. The highest BCUT2D eigenvalue weighted by atomic mass is 127. The van der Waals surface area contributed by atoms with E-state index in [4.69, 9.17) is 0 Å². The third-order valence-corrected chi connectivity index (χ3v) is 5.83. The fourth-order valence-corrected chi connectivity index (χ4v) is 4.43. The maximum atomic E-state index is 2.43. The summed E-state index contributed by atoms with van der Waals surface area (Å²) in [5.74, 6) is 0. The Morgan fingerprint density at radius 1 is 0.789 bits per heavy atom. The highest BCUT2D eigenvalue weighted by molar-refractivity contribution is 14.1. The first kappa shape index (κ1) is 13.9. The lowest BCUT2D eigenvalue weighted by molar-refractivity contribution is 0.490. The van der Waals surface area contributed by atoms with Crippen LogP contribution in [0.25, 0.3) is 11.1 Å². The van der Waals surface area contributed by atoms with Gasteiger partial charge in [0.25, 0.3) is 0 Å². The van der Waals surface area contributed by atoms with Gasteiger partial charge in [0.15, 0.2) is 0 Å². The van der Waals surface area contributed by atoms with Gasteiger partial charge in [0.1, 0.15) is 0 Å². The van der Waals surface area contributed by atoms with Gasteiger partial charge in [0.05, 0.1) is 0 Å². The van der Waals surface area contributed by atoms with Crippen LogP contribution in [0.3, 0.4) is 0 Å². The van der Waals surface area contributed by atoms with Crippen molar-refractivity contribution >= 4 is 45.2 Å². The van der Waals surface area contributed by atoms with Crippen LogP contribution in [-0.2, 0) is 5.41 Å². The van der Waals surface area contributed by atoms with Crippen LogP contribution >= 0.6 is 45.2 Å². The fraction of sp³-hybridized carbons (Fsp3) is 0.294. The van der Waals surface area contributed by atoms with E-state index in [1.54, 1.807) is 0 Å². The highest BCUT2D eigenvalue weighted by Crippen LogP contribution is 2.53. The Morgan fingerprint density at radius 3 is 1.58 bits per heavy atom. The molecule has 0 aromatic heterocycles. The molecule has 0 saturated heterocycles. The third-order valence-electron chi connectivity index (χ3n) is 4.49. The zero-order valence-corrected chi connectivity index (χ0v) is 15.4. The van der Waals surface area contributed by atoms with Crippen LogP contribution in [0.4, 0.5) is 0 Å². The molecule has 98 valence electrons. The molecule has 19 heavy (non-hydrogen) atoms. The summed E-state index contributed by atoms with van der Waals surface area (Å²) >= 11 is 4.85. The Balaban J connectivity index is 2.38. The number of rotatable bonds is 2. The van der Waals surface area contributed by atoms with Crippen molar-refractivity contribution in [3.8, 4) is 11.1 Å². The van der Waals surface area contributed by atoms with E-state index in [0.717, 1.165) is 0 Å². The van der Waals surface area contributed by atoms with Crippen LogP contribution in [-0.4, -0.2) is 0 Å². The minimum Gasteiger partial charge on any atom is -0.0642 e. The smallest absolute Gasteiger partial charge is 0.0210 e. The van der Waals surface area contributed by atoms with Gasteiger partial charge in [-0.15, -0.1) is 0 Å². The predicted molar refractivity (Wildman–Crippen MR) is 98.7 cm³/mol. The average molecular weight is 474 g/mol. The van der Waals surface area contributed by atoms with E-state index in [2.05, 4.69) is 95.4 Å². The number of hydrogen-bond donors (Lipinski definition) is 0. The van der Waals surface area contributed by atoms with Gasteiger partial charge in [0.2, 0.25) is 0 Å². The van der Waals surface area contributed by atoms with E-state index < -0.39 is 0 Å². The molecule has 0 saturated carbocycles. The Hall–Kier alpha value is -0.100. The summed E-state index contributed by atoms with van der Waals surface area (Å²) in [5.41, 5.74) is 6.15. The SMILES string of the molecule is CCC1(CC)c2cc(I)ccc2-c2ccc(I)cc21. The van der Waals surface area contributed by atoms with Crippen molar-refractivity contribution < 1.29 is 0 Å². The van der Waals surface area contributed by atoms with Crippen LogP contribution in [0, 0.1) is 7.14 Å². The number of halogens is 2. The standard InChI is InChI=1S/C17H16I2/c1-3-17(4-2)15-9-11(18)5-7-13(15)14-8-6-12(19)10-16(14)17/h5-10H,3-4H2,1-2H3. The lowest BCUT2D eigenvalue weighted by Crippen LogP contribution is -2.23. The summed E-state index contributed by atoms with van der Waals surface area (Å²) in [6.45, 7) is 4.64. The molecule has 0 fully saturated rings. The molecule has 2 aromatic rings. The van der Waals surface area contributed by atoms with Crippen LogP contribution in [0.5, 0.6) is 0 Å². The van der Waals surface area contributed by atoms with Crippen molar-refractivity contribution in [2.45, 2.75) is 32.1 Å². The van der Waals surface area contributed by atoms with E-state index in [9.17, 15) is 0 Å². The van der Waals surface area contributed by atoms with Gasteiger partial charge in [0, 0.05) is 12.6 Å². The largest absolute Gasteiger partial charge is 0.0642 e. The first-order valence-corrected chi connectivity index (χ1v) is 8.88. The van der Waals surface area contributed by atoms with E-state index in [1.165, 1.54) is 42.2 Å². The molecule has 1 aliphatic carbocycles. The molecule has 0 spiro atoms.